The van der Waals surface area contributed by atoms with Crippen molar-refractivity contribution in [3.8, 4) is 0 Å². The van der Waals surface area contributed by atoms with Crippen molar-refractivity contribution in [1.82, 2.24) is 5.32 Å². The van der Waals surface area contributed by atoms with E-state index < -0.39 is 11.7 Å². The Bertz CT molecular complexity index is 598. The molecule has 0 radical (unpaired) electrons. The maximum absolute atomic E-state index is 12.9. The standard InChI is InChI=1S/C15H18F3N3OS/c1-10(22)19-14(23)20-12-9-11(15(16,17)18)5-6-13(12)21-7-3-2-4-8-21/h5-6,9H,2-4,7-8H2,1H3,(H2,19,20,22,23). The summed E-state index contributed by atoms with van der Waals surface area (Å²) < 4.78 is 38.8. The zero-order valence-corrected chi connectivity index (χ0v) is 13.5. The van der Waals surface area contributed by atoms with E-state index in [1.165, 1.54) is 13.0 Å². The highest BCUT2D eigenvalue weighted by molar-refractivity contribution is 7.80. The van der Waals surface area contributed by atoms with Gasteiger partial charge in [0.25, 0.3) is 0 Å². The maximum atomic E-state index is 12.9. The van der Waals surface area contributed by atoms with Crippen LogP contribution in [-0.4, -0.2) is 24.1 Å². The molecule has 0 spiro atoms. The van der Waals surface area contributed by atoms with Gasteiger partial charge < -0.3 is 15.5 Å². The van der Waals surface area contributed by atoms with Crippen LogP contribution in [0.5, 0.6) is 0 Å². The number of hydrogen-bond donors (Lipinski definition) is 2. The number of hydrogen-bond acceptors (Lipinski definition) is 3. The van der Waals surface area contributed by atoms with E-state index in [9.17, 15) is 18.0 Å². The van der Waals surface area contributed by atoms with Gasteiger partial charge in [-0.1, -0.05) is 0 Å². The van der Waals surface area contributed by atoms with Gasteiger partial charge in [0.2, 0.25) is 5.91 Å². The Morgan fingerprint density at radius 2 is 1.87 bits per heavy atom. The Morgan fingerprint density at radius 3 is 2.43 bits per heavy atom. The van der Waals surface area contributed by atoms with E-state index in [4.69, 9.17) is 12.2 Å². The molecule has 1 fully saturated rings. The lowest BCUT2D eigenvalue weighted by molar-refractivity contribution is -0.137. The third kappa shape index (κ3) is 4.82. The first kappa shape index (κ1) is 17.5. The molecule has 1 aromatic rings. The zero-order chi connectivity index (χ0) is 17.0. The fourth-order valence-corrected chi connectivity index (χ4v) is 2.79. The summed E-state index contributed by atoms with van der Waals surface area (Å²) >= 11 is 4.97. The van der Waals surface area contributed by atoms with Gasteiger partial charge in [-0.05, 0) is 49.7 Å². The minimum atomic E-state index is -4.44. The normalized spacial score (nSPS) is 15.2. The van der Waals surface area contributed by atoms with E-state index in [0.29, 0.717) is 5.69 Å². The van der Waals surface area contributed by atoms with Gasteiger partial charge >= 0.3 is 6.18 Å². The zero-order valence-electron chi connectivity index (χ0n) is 12.7. The van der Waals surface area contributed by atoms with Crippen molar-refractivity contribution in [3.05, 3.63) is 23.8 Å². The molecule has 2 N–H and O–H groups in total. The molecule has 1 heterocycles. The van der Waals surface area contributed by atoms with Crippen LogP contribution in [0.4, 0.5) is 24.5 Å². The van der Waals surface area contributed by atoms with Gasteiger partial charge in [0.15, 0.2) is 5.11 Å². The van der Waals surface area contributed by atoms with Crippen LogP contribution in [0.25, 0.3) is 0 Å². The van der Waals surface area contributed by atoms with Crippen LogP contribution in [0, 0.1) is 0 Å². The predicted molar refractivity (Wildman–Crippen MR) is 87.5 cm³/mol. The van der Waals surface area contributed by atoms with Crippen LogP contribution in [-0.2, 0) is 11.0 Å². The molecule has 1 aliphatic rings. The van der Waals surface area contributed by atoms with E-state index in [-0.39, 0.29) is 16.7 Å². The Balaban J connectivity index is 2.32. The first-order valence-electron chi connectivity index (χ1n) is 7.32. The van der Waals surface area contributed by atoms with Gasteiger partial charge in [-0.2, -0.15) is 13.2 Å². The third-order valence-electron chi connectivity index (χ3n) is 3.56. The number of thiocarbonyl (C=S) groups is 1. The van der Waals surface area contributed by atoms with Gasteiger partial charge in [-0.25, -0.2) is 0 Å². The van der Waals surface area contributed by atoms with Crippen molar-refractivity contribution in [1.29, 1.82) is 0 Å². The molecule has 0 aliphatic carbocycles. The van der Waals surface area contributed by atoms with Gasteiger partial charge in [0, 0.05) is 20.0 Å². The third-order valence-corrected chi connectivity index (χ3v) is 3.76. The Kier molecular flexibility index (Phi) is 5.46. The highest BCUT2D eigenvalue weighted by Crippen LogP contribution is 2.36. The summed E-state index contributed by atoms with van der Waals surface area (Å²) in [6.45, 7) is 2.85. The van der Waals surface area contributed by atoms with Crippen molar-refractivity contribution in [2.24, 2.45) is 0 Å². The van der Waals surface area contributed by atoms with Crippen LogP contribution in [0.1, 0.15) is 31.7 Å². The average Bonchev–Trinajstić information content (AvgIpc) is 2.46. The van der Waals surface area contributed by atoms with Crippen LogP contribution < -0.4 is 15.5 Å². The molecule has 0 unspecified atom stereocenters. The Labute approximate surface area is 138 Å². The molecule has 0 bridgehead atoms. The number of nitrogens with zero attached hydrogens (tertiary/aromatic N) is 1. The minimum absolute atomic E-state index is 0.0184. The van der Waals surface area contributed by atoms with E-state index >= 15 is 0 Å². The molecular weight excluding hydrogens is 327 g/mol. The first-order chi connectivity index (χ1) is 10.8. The summed E-state index contributed by atoms with van der Waals surface area (Å²) in [4.78, 5) is 13.1. The molecule has 23 heavy (non-hydrogen) atoms. The summed E-state index contributed by atoms with van der Waals surface area (Å²) in [5.41, 5.74) is 0.150. The second-order valence-electron chi connectivity index (χ2n) is 5.41. The van der Waals surface area contributed by atoms with Gasteiger partial charge in [-0.3, -0.25) is 4.79 Å². The molecule has 1 amide bonds. The number of piperidine rings is 1. The van der Waals surface area contributed by atoms with Crippen molar-refractivity contribution in [3.63, 3.8) is 0 Å². The number of anilines is 2. The highest BCUT2D eigenvalue weighted by atomic mass is 32.1. The van der Waals surface area contributed by atoms with Crippen molar-refractivity contribution in [2.45, 2.75) is 32.4 Å². The summed E-state index contributed by atoms with van der Waals surface area (Å²) in [6, 6.07) is 3.54. The lowest BCUT2D eigenvalue weighted by Gasteiger charge is -2.31. The van der Waals surface area contributed by atoms with E-state index in [0.717, 1.165) is 44.5 Å². The van der Waals surface area contributed by atoms with Gasteiger partial charge in [-0.15, -0.1) is 0 Å². The predicted octanol–water partition coefficient (Wildman–Crippen LogP) is 3.53. The number of benzene rings is 1. The number of amides is 1. The smallest absolute Gasteiger partial charge is 0.370 e. The Morgan fingerprint density at radius 1 is 1.22 bits per heavy atom. The molecule has 2 rings (SSSR count). The van der Waals surface area contributed by atoms with Crippen LogP contribution >= 0.6 is 12.2 Å². The van der Waals surface area contributed by atoms with Crippen molar-refractivity contribution in [2.75, 3.05) is 23.3 Å². The SMILES string of the molecule is CC(=O)NC(=S)Nc1cc(C(F)(F)F)ccc1N1CCCCC1. The summed E-state index contributed by atoms with van der Waals surface area (Å²) in [6.07, 6.45) is -1.33. The molecule has 0 aromatic heterocycles. The molecule has 126 valence electrons. The monoisotopic (exact) mass is 345 g/mol. The number of rotatable bonds is 2. The number of nitrogens with one attached hydrogen (secondary N) is 2. The second kappa shape index (κ2) is 7.16. The first-order valence-corrected chi connectivity index (χ1v) is 7.73. The number of alkyl halides is 3. The quantitative estimate of drug-likeness (QED) is 0.805. The number of carbonyl (C=O) groups excluding carboxylic acids is 1. The lowest BCUT2D eigenvalue weighted by atomic mass is 10.1. The van der Waals surface area contributed by atoms with Crippen molar-refractivity contribution < 1.29 is 18.0 Å². The fraction of sp³-hybridized carbons (Fsp3) is 0.467. The largest absolute Gasteiger partial charge is 0.416 e. The molecule has 1 aliphatic heterocycles. The second-order valence-corrected chi connectivity index (χ2v) is 5.82. The van der Waals surface area contributed by atoms with Crippen LogP contribution in [0.2, 0.25) is 0 Å². The lowest BCUT2D eigenvalue weighted by Crippen LogP contribution is -2.34. The highest BCUT2D eigenvalue weighted by Gasteiger charge is 2.31. The number of carbonyl (C=O) groups is 1. The van der Waals surface area contributed by atoms with Crippen molar-refractivity contribution >= 4 is 34.6 Å². The fourth-order valence-electron chi connectivity index (χ4n) is 2.54. The minimum Gasteiger partial charge on any atom is -0.370 e. The summed E-state index contributed by atoms with van der Waals surface area (Å²) in [5.74, 6) is -0.381. The summed E-state index contributed by atoms with van der Waals surface area (Å²) in [7, 11) is 0. The maximum Gasteiger partial charge on any atom is 0.416 e. The number of halogens is 3. The molecule has 1 aromatic carbocycles. The Hall–Kier alpha value is -1.83. The molecule has 0 atom stereocenters. The molecule has 0 saturated carbocycles. The van der Waals surface area contributed by atoms with Crippen LogP contribution in [0.15, 0.2) is 18.2 Å². The topological polar surface area (TPSA) is 44.4 Å². The molecule has 8 heteroatoms. The van der Waals surface area contributed by atoms with Gasteiger partial charge in [0.1, 0.15) is 0 Å². The summed E-state index contributed by atoms with van der Waals surface area (Å²) in [5, 5.41) is 5.05. The average molecular weight is 345 g/mol. The van der Waals surface area contributed by atoms with E-state index in [2.05, 4.69) is 10.6 Å². The molecular formula is C15H18F3N3OS. The van der Waals surface area contributed by atoms with E-state index in [1.807, 2.05) is 4.90 Å². The molecule has 4 nitrogen and oxygen atoms in total. The van der Waals surface area contributed by atoms with E-state index in [1.54, 1.807) is 0 Å². The van der Waals surface area contributed by atoms with Crippen LogP contribution in [0.3, 0.4) is 0 Å². The van der Waals surface area contributed by atoms with Gasteiger partial charge in [0.05, 0.1) is 16.9 Å². The molecule has 1 saturated heterocycles.